The molecule has 1 atom stereocenters. The predicted octanol–water partition coefficient (Wildman–Crippen LogP) is 3.31. The molecule has 0 amide bonds. The molecule has 0 saturated heterocycles. The molecule has 1 aliphatic carbocycles. The second-order valence-corrected chi connectivity index (χ2v) is 9.20. The van der Waals surface area contributed by atoms with Gasteiger partial charge in [0, 0.05) is 30.9 Å². The number of hydrogen-bond acceptors (Lipinski definition) is 3. The summed E-state index contributed by atoms with van der Waals surface area (Å²) in [6.45, 7) is 4.88. The molecule has 142 valence electrons. The highest BCUT2D eigenvalue weighted by Crippen LogP contribution is 2.34. The fourth-order valence-electron chi connectivity index (χ4n) is 3.73. The van der Waals surface area contributed by atoms with E-state index in [4.69, 9.17) is 4.98 Å². The third kappa shape index (κ3) is 3.56. The van der Waals surface area contributed by atoms with Gasteiger partial charge in [0.15, 0.2) is 0 Å². The van der Waals surface area contributed by atoms with Gasteiger partial charge in [-0.3, -0.25) is 4.79 Å². The van der Waals surface area contributed by atoms with Crippen LogP contribution >= 0.6 is 0 Å². The SMILES string of the molecule is Cc1cc(-c2cc(C[S+](C)[O-])c3nc(C)n(CC4CC4)c3c2)cn(C)c1=O. The highest BCUT2D eigenvalue weighted by molar-refractivity contribution is 7.89. The summed E-state index contributed by atoms with van der Waals surface area (Å²) in [5.74, 6) is 2.23. The van der Waals surface area contributed by atoms with Crippen molar-refractivity contribution in [3.63, 3.8) is 0 Å². The summed E-state index contributed by atoms with van der Waals surface area (Å²) in [4.78, 5) is 16.9. The maximum atomic E-state index is 12.1. The lowest BCUT2D eigenvalue weighted by atomic mass is 10.0. The van der Waals surface area contributed by atoms with Gasteiger partial charge in [-0.25, -0.2) is 4.98 Å². The Hall–Kier alpha value is -2.05. The third-order valence-corrected chi connectivity index (χ3v) is 6.03. The molecule has 27 heavy (non-hydrogen) atoms. The number of aromatic nitrogens is 3. The van der Waals surface area contributed by atoms with E-state index >= 15 is 0 Å². The second-order valence-electron chi connectivity index (χ2n) is 7.76. The maximum absolute atomic E-state index is 12.1. The zero-order valence-electron chi connectivity index (χ0n) is 16.3. The minimum absolute atomic E-state index is 0.0179. The van der Waals surface area contributed by atoms with E-state index in [0.717, 1.165) is 51.6 Å². The summed E-state index contributed by atoms with van der Waals surface area (Å²) >= 11 is -0.950. The number of fused-ring (bicyclic) bond motifs is 1. The van der Waals surface area contributed by atoms with Crippen molar-refractivity contribution in [2.45, 2.75) is 39.0 Å². The molecule has 0 bridgehead atoms. The minimum Gasteiger partial charge on any atom is -0.616 e. The van der Waals surface area contributed by atoms with Crippen molar-refractivity contribution in [2.75, 3.05) is 6.26 Å². The first-order valence-corrected chi connectivity index (χ1v) is 11.0. The van der Waals surface area contributed by atoms with Crippen LogP contribution in [0.25, 0.3) is 22.2 Å². The molecule has 1 aromatic carbocycles. The quantitative estimate of drug-likeness (QED) is 0.635. The molecule has 4 rings (SSSR count). The lowest BCUT2D eigenvalue weighted by molar-refractivity contribution is 0.600. The highest BCUT2D eigenvalue weighted by atomic mass is 32.2. The molecule has 1 unspecified atom stereocenters. The Morgan fingerprint density at radius 3 is 2.59 bits per heavy atom. The summed E-state index contributed by atoms with van der Waals surface area (Å²) in [7, 11) is 1.78. The summed E-state index contributed by atoms with van der Waals surface area (Å²) in [5, 5.41) is 0. The lowest BCUT2D eigenvalue weighted by Crippen LogP contribution is -2.18. The van der Waals surface area contributed by atoms with Crippen LogP contribution in [0.3, 0.4) is 0 Å². The highest BCUT2D eigenvalue weighted by Gasteiger charge is 2.24. The van der Waals surface area contributed by atoms with Crippen LogP contribution in [0.2, 0.25) is 0 Å². The van der Waals surface area contributed by atoms with Gasteiger partial charge in [-0.1, -0.05) is 11.2 Å². The van der Waals surface area contributed by atoms with Crippen LogP contribution in [-0.4, -0.2) is 24.9 Å². The molecule has 1 aliphatic rings. The van der Waals surface area contributed by atoms with Crippen molar-refractivity contribution in [3.05, 3.63) is 51.7 Å². The molecule has 5 nitrogen and oxygen atoms in total. The fourth-order valence-corrected chi connectivity index (χ4v) is 4.39. The van der Waals surface area contributed by atoms with Gasteiger partial charge in [0.1, 0.15) is 11.6 Å². The maximum Gasteiger partial charge on any atom is 0.253 e. The number of pyridine rings is 1. The summed E-state index contributed by atoms with van der Waals surface area (Å²) in [6.07, 6.45) is 6.16. The van der Waals surface area contributed by atoms with E-state index in [1.807, 2.05) is 26.1 Å². The third-order valence-electron chi connectivity index (χ3n) is 5.32. The van der Waals surface area contributed by atoms with Crippen LogP contribution in [0.4, 0.5) is 0 Å². The van der Waals surface area contributed by atoms with Crippen molar-refractivity contribution < 1.29 is 4.55 Å². The normalized spacial score (nSPS) is 15.4. The van der Waals surface area contributed by atoms with Crippen molar-refractivity contribution in [1.82, 2.24) is 14.1 Å². The van der Waals surface area contributed by atoms with E-state index in [1.165, 1.54) is 12.8 Å². The van der Waals surface area contributed by atoms with E-state index in [2.05, 4.69) is 16.7 Å². The number of nitrogens with zero attached hydrogens (tertiary/aromatic N) is 3. The molecule has 0 N–H and O–H groups in total. The van der Waals surface area contributed by atoms with Crippen LogP contribution in [0, 0.1) is 19.8 Å². The summed E-state index contributed by atoms with van der Waals surface area (Å²) < 4.78 is 15.9. The van der Waals surface area contributed by atoms with Gasteiger partial charge in [0.25, 0.3) is 5.56 Å². The fraction of sp³-hybridized carbons (Fsp3) is 0.429. The molecular formula is C21H25N3O2S. The molecular weight excluding hydrogens is 358 g/mol. The van der Waals surface area contributed by atoms with Crippen molar-refractivity contribution in [1.29, 1.82) is 0 Å². The van der Waals surface area contributed by atoms with Gasteiger partial charge >= 0.3 is 0 Å². The summed E-state index contributed by atoms with van der Waals surface area (Å²) in [5.41, 5.74) is 5.84. The molecule has 3 aromatic rings. The molecule has 6 heteroatoms. The van der Waals surface area contributed by atoms with Crippen molar-refractivity contribution in [3.8, 4) is 11.1 Å². The Kier molecular flexibility index (Phi) is 4.64. The average molecular weight is 384 g/mol. The molecule has 2 heterocycles. The van der Waals surface area contributed by atoms with Crippen LogP contribution < -0.4 is 5.56 Å². The number of aryl methyl sites for hydroxylation is 3. The van der Waals surface area contributed by atoms with Gasteiger partial charge < -0.3 is 13.7 Å². The number of benzene rings is 1. The first-order chi connectivity index (χ1) is 12.8. The molecule has 1 fully saturated rings. The van der Waals surface area contributed by atoms with Crippen LogP contribution in [-0.2, 0) is 30.5 Å². The predicted molar refractivity (Wildman–Crippen MR) is 110 cm³/mol. The zero-order valence-corrected chi connectivity index (χ0v) is 17.1. The van der Waals surface area contributed by atoms with E-state index in [-0.39, 0.29) is 5.56 Å². The Bertz CT molecular complexity index is 1050. The van der Waals surface area contributed by atoms with Gasteiger partial charge in [-0.2, -0.15) is 0 Å². The van der Waals surface area contributed by atoms with Gasteiger partial charge in [-0.15, -0.1) is 0 Å². The van der Waals surface area contributed by atoms with Gasteiger partial charge in [0.2, 0.25) is 0 Å². The molecule has 0 radical (unpaired) electrons. The van der Waals surface area contributed by atoms with E-state index < -0.39 is 11.2 Å². The number of hydrogen-bond donors (Lipinski definition) is 0. The Balaban J connectivity index is 1.93. The number of imidazole rings is 1. The Labute approximate surface area is 162 Å². The first kappa shape index (κ1) is 18.3. The Morgan fingerprint density at radius 2 is 1.96 bits per heavy atom. The minimum atomic E-state index is -0.950. The Morgan fingerprint density at radius 1 is 1.22 bits per heavy atom. The topological polar surface area (TPSA) is 62.9 Å². The molecule has 2 aromatic heterocycles. The average Bonchev–Trinajstić information content (AvgIpc) is 3.36. The van der Waals surface area contributed by atoms with Crippen molar-refractivity contribution in [2.24, 2.45) is 13.0 Å². The van der Waals surface area contributed by atoms with E-state index in [0.29, 0.717) is 5.75 Å². The largest absolute Gasteiger partial charge is 0.616 e. The first-order valence-electron chi connectivity index (χ1n) is 9.31. The van der Waals surface area contributed by atoms with Crippen LogP contribution in [0.5, 0.6) is 0 Å². The summed E-state index contributed by atoms with van der Waals surface area (Å²) in [6, 6.07) is 6.18. The molecule has 1 saturated carbocycles. The van der Waals surface area contributed by atoms with E-state index in [1.54, 1.807) is 17.9 Å². The van der Waals surface area contributed by atoms with Crippen molar-refractivity contribution >= 4 is 22.2 Å². The zero-order chi connectivity index (χ0) is 19.3. The number of rotatable bonds is 5. The molecule has 0 aliphatic heterocycles. The van der Waals surface area contributed by atoms with Crippen LogP contribution in [0.15, 0.2) is 29.2 Å². The van der Waals surface area contributed by atoms with Gasteiger partial charge in [-0.05, 0) is 61.9 Å². The van der Waals surface area contributed by atoms with Gasteiger partial charge in [0.05, 0.1) is 17.3 Å². The van der Waals surface area contributed by atoms with E-state index in [9.17, 15) is 9.35 Å². The van der Waals surface area contributed by atoms with Crippen LogP contribution in [0.1, 0.15) is 29.8 Å². The molecule has 0 spiro atoms. The standard InChI is InChI=1S/C21H25N3O2S/c1-13-7-17(11-23(3)21(13)25)16-8-18(12-27(4)26)20-19(9-16)24(14(2)22-20)10-15-5-6-15/h7-9,11,15H,5-6,10,12H2,1-4H3. The second kappa shape index (κ2) is 6.84. The lowest BCUT2D eigenvalue weighted by Gasteiger charge is -2.12. The monoisotopic (exact) mass is 383 g/mol. The smallest absolute Gasteiger partial charge is 0.253 e.